The summed E-state index contributed by atoms with van der Waals surface area (Å²) >= 11 is 6.18. The van der Waals surface area contributed by atoms with Gasteiger partial charge in [0.2, 0.25) is 10.0 Å². The van der Waals surface area contributed by atoms with E-state index in [1.807, 2.05) is 36.4 Å². The number of hydrogen-bond donors (Lipinski definition) is 1. The van der Waals surface area contributed by atoms with Gasteiger partial charge in [-0.3, -0.25) is 0 Å². The smallest absolute Gasteiger partial charge is 0.218 e. The van der Waals surface area contributed by atoms with E-state index >= 15 is 0 Å². The van der Waals surface area contributed by atoms with Gasteiger partial charge in [0, 0.05) is 17.8 Å². The zero-order valence-electron chi connectivity index (χ0n) is 15.7. The first-order valence-electron chi connectivity index (χ1n) is 9.41. The standard InChI is InChI=1S/C21H21ClN4O2S/c22-17-8-2-1-7-16(17)15-29(27,28)26-14-6-10-19(26)18-9-5-12-21(24-18)25-20-11-3-4-13-23-20/h1-5,7-9,11-13,19H,6,10,14-15H2,(H,23,24,25). The van der Waals surface area contributed by atoms with Gasteiger partial charge in [-0.05, 0) is 48.7 Å². The van der Waals surface area contributed by atoms with Crippen molar-refractivity contribution in [2.45, 2.75) is 24.6 Å². The van der Waals surface area contributed by atoms with E-state index in [-0.39, 0.29) is 11.8 Å². The number of halogens is 1. The van der Waals surface area contributed by atoms with Gasteiger partial charge in [-0.2, -0.15) is 4.31 Å². The number of nitrogens with one attached hydrogen (secondary N) is 1. The summed E-state index contributed by atoms with van der Waals surface area (Å²) in [5.74, 6) is 1.21. The second kappa shape index (κ2) is 8.49. The summed E-state index contributed by atoms with van der Waals surface area (Å²) in [4.78, 5) is 8.90. The van der Waals surface area contributed by atoms with Crippen molar-refractivity contribution in [1.29, 1.82) is 0 Å². The minimum absolute atomic E-state index is 0.116. The summed E-state index contributed by atoms with van der Waals surface area (Å²) in [6, 6.07) is 17.9. The second-order valence-electron chi connectivity index (χ2n) is 6.90. The quantitative estimate of drug-likeness (QED) is 0.623. The monoisotopic (exact) mass is 428 g/mol. The number of sulfonamides is 1. The van der Waals surface area contributed by atoms with Crippen molar-refractivity contribution < 1.29 is 8.42 Å². The van der Waals surface area contributed by atoms with Gasteiger partial charge >= 0.3 is 0 Å². The van der Waals surface area contributed by atoms with Crippen molar-refractivity contribution >= 4 is 33.3 Å². The molecule has 1 aliphatic rings. The molecule has 0 radical (unpaired) electrons. The third-order valence-electron chi connectivity index (χ3n) is 4.89. The molecule has 4 rings (SSSR count). The molecule has 3 heterocycles. The summed E-state index contributed by atoms with van der Waals surface area (Å²) in [6.45, 7) is 0.483. The molecule has 0 bridgehead atoms. The molecule has 150 valence electrons. The lowest BCUT2D eigenvalue weighted by atomic mass is 10.1. The van der Waals surface area contributed by atoms with Crippen LogP contribution in [0.5, 0.6) is 0 Å². The lowest BCUT2D eigenvalue weighted by Gasteiger charge is -2.24. The number of nitrogens with zero attached hydrogens (tertiary/aromatic N) is 3. The molecule has 0 aliphatic carbocycles. The largest absolute Gasteiger partial charge is 0.325 e. The molecule has 1 aliphatic heterocycles. The fourth-order valence-corrected chi connectivity index (χ4v) is 5.64. The minimum Gasteiger partial charge on any atom is -0.325 e. The first-order valence-corrected chi connectivity index (χ1v) is 11.4. The normalized spacial score (nSPS) is 17.3. The fourth-order valence-electron chi connectivity index (χ4n) is 3.54. The number of benzene rings is 1. The highest BCUT2D eigenvalue weighted by atomic mass is 35.5. The molecule has 0 amide bonds. The highest BCUT2D eigenvalue weighted by Gasteiger charge is 2.36. The van der Waals surface area contributed by atoms with E-state index in [0.29, 0.717) is 28.8 Å². The molecule has 1 N–H and O–H groups in total. The van der Waals surface area contributed by atoms with Crippen LogP contribution in [0.15, 0.2) is 66.9 Å². The summed E-state index contributed by atoms with van der Waals surface area (Å²) in [7, 11) is -3.53. The highest BCUT2D eigenvalue weighted by molar-refractivity contribution is 7.88. The second-order valence-corrected chi connectivity index (χ2v) is 9.23. The van der Waals surface area contributed by atoms with Gasteiger partial charge in [0.1, 0.15) is 11.6 Å². The molecule has 6 nitrogen and oxygen atoms in total. The van der Waals surface area contributed by atoms with Crippen LogP contribution in [-0.4, -0.2) is 29.2 Å². The van der Waals surface area contributed by atoms with E-state index in [2.05, 4.69) is 15.3 Å². The first kappa shape index (κ1) is 19.8. The predicted molar refractivity (Wildman–Crippen MR) is 115 cm³/mol. The number of hydrogen-bond acceptors (Lipinski definition) is 5. The Hall–Kier alpha value is -2.48. The maximum atomic E-state index is 13.1. The van der Waals surface area contributed by atoms with Crippen molar-refractivity contribution in [2.24, 2.45) is 0 Å². The molecule has 1 atom stereocenters. The minimum atomic E-state index is -3.53. The van der Waals surface area contributed by atoms with E-state index < -0.39 is 10.0 Å². The maximum Gasteiger partial charge on any atom is 0.218 e. The molecule has 0 saturated carbocycles. The Balaban J connectivity index is 1.57. The molecule has 1 fully saturated rings. The van der Waals surface area contributed by atoms with Crippen LogP contribution in [0.3, 0.4) is 0 Å². The average Bonchev–Trinajstić information content (AvgIpc) is 3.22. The van der Waals surface area contributed by atoms with Crippen molar-refractivity contribution in [2.75, 3.05) is 11.9 Å². The Morgan fingerprint density at radius 1 is 1.03 bits per heavy atom. The van der Waals surface area contributed by atoms with Gasteiger partial charge in [-0.25, -0.2) is 18.4 Å². The molecule has 2 aromatic heterocycles. The number of anilines is 2. The zero-order valence-corrected chi connectivity index (χ0v) is 17.3. The van der Waals surface area contributed by atoms with Crippen LogP contribution in [0, 0.1) is 0 Å². The molecule has 1 aromatic carbocycles. The summed E-state index contributed by atoms with van der Waals surface area (Å²) in [6.07, 6.45) is 3.24. The van der Waals surface area contributed by atoms with Gasteiger partial charge in [-0.1, -0.05) is 41.9 Å². The SMILES string of the molecule is O=S(=O)(Cc1ccccc1Cl)N1CCCC1c1cccc(Nc2ccccn2)n1. The lowest BCUT2D eigenvalue weighted by molar-refractivity contribution is 0.390. The van der Waals surface area contributed by atoms with E-state index in [9.17, 15) is 8.42 Å². The molecular weight excluding hydrogens is 408 g/mol. The van der Waals surface area contributed by atoms with Crippen molar-refractivity contribution in [1.82, 2.24) is 14.3 Å². The van der Waals surface area contributed by atoms with Crippen LogP contribution in [0.2, 0.25) is 5.02 Å². The molecule has 1 saturated heterocycles. The van der Waals surface area contributed by atoms with Gasteiger partial charge in [0.25, 0.3) is 0 Å². The summed E-state index contributed by atoms with van der Waals surface area (Å²) < 4.78 is 27.8. The number of rotatable bonds is 6. The topological polar surface area (TPSA) is 75.2 Å². The van der Waals surface area contributed by atoms with Crippen molar-refractivity contribution in [3.8, 4) is 0 Å². The van der Waals surface area contributed by atoms with Crippen LogP contribution in [-0.2, 0) is 15.8 Å². The molecule has 3 aromatic rings. The Morgan fingerprint density at radius 2 is 1.83 bits per heavy atom. The van der Waals surface area contributed by atoms with E-state index in [1.54, 1.807) is 34.8 Å². The molecule has 8 heteroatoms. The van der Waals surface area contributed by atoms with Crippen LogP contribution in [0.25, 0.3) is 0 Å². The number of aromatic nitrogens is 2. The van der Waals surface area contributed by atoms with E-state index in [0.717, 1.165) is 18.5 Å². The third-order valence-corrected chi connectivity index (χ3v) is 7.09. The Kier molecular flexibility index (Phi) is 5.80. The van der Waals surface area contributed by atoms with Crippen LogP contribution < -0.4 is 5.32 Å². The molecule has 1 unspecified atom stereocenters. The third kappa shape index (κ3) is 4.58. The summed E-state index contributed by atoms with van der Waals surface area (Å²) in [5.41, 5.74) is 1.34. The Labute approximate surface area is 175 Å². The highest BCUT2D eigenvalue weighted by Crippen LogP contribution is 2.35. The van der Waals surface area contributed by atoms with Gasteiger partial charge in [0.05, 0.1) is 17.5 Å². The average molecular weight is 429 g/mol. The first-order chi connectivity index (χ1) is 14.0. The predicted octanol–water partition coefficient (Wildman–Crippen LogP) is 4.54. The zero-order chi connectivity index (χ0) is 20.3. The molecule has 29 heavy (non-hydrogen) atoms. The number of pyridine rings is 2. The van der Waals surface area contributed by atoms with Crippen LogP contribution >= 0.6 is 11.6 Å². The van der Waals surface area contributed by atoms with Crippen LogP contribution in [0.4, 0.5) is 11.6 Å². The van der Waals surface area contributed by atoms with E-state index in [1.165, 1.54) is 0 Å². The van der Waals surface area contributed by atoms with Gasteiger partial charge < -0.3 is 5.32 Å². The van der Waals surface area contributed by atoms with Crippen LogP contribution in [0.1, 0.15) is 30.1 Å². The van der Waals surface area contributed by atoms with Crippen molar-refractivity contribution in [3.05, 3.63) is 83.1 Å². The van der Waals surface area contributed by atoms with Crippen molar-refractivity contribution in [3.63, 3.8) is 0 Å². The maximum absolute atomic E-state index is 13.1. The molecule has 0 spiro atoms. The lowest BCUT2D eigenvalue weighted by Crippen LogP contribution is -2.32. The van der Waals surface area contributed by atoms with Gasteiger partial charge in [0.15, 0.2) is 0 Å². The van der Waals surface area contributed by atoms with Gasteiger partial charge in [-0.15, -0.1) is 0 Å². The Bertz CT molecular complexity index is 1090. The fraction of sp³-hybridized carbons (Fsp3) is 0.238. The summed E-state index contributed by atoms with van der Waals surface area (Å²) in [5, 5.41) is 3.63. The van der Waals surface area contributed by atoms with E-state index in [4.69, 9.17) is 11.6 Å². The molecular formula is C21H21ClN4O2S. The Morgan fingerprint density at radius 3 is 2.62 bits per heavy atom.